The first-order chi connectivity index (χ1) is 7.58. The van der Waals surface area contributed by atoms with Gasteiger partial charge in [0, 0.05) is 0 Å². The number of hydrogen-bond acceptors (Lipinski definition) is 3. The SMILES string of the molecule is CCOC(=O)CC1(C(=O)O)CC2CCC1C2. The van der Waals surface area contributed by atoms with Crippen LogP contribution < -0.4 is 0 Å². The summed E-state index contributed by atoms with van der Waals surface area (Å²) in [6.07, 6.45) is 3.77. The lowest BCUT2D eigenvalue weighted by Crippen LogP contribution is -2.39. The fraction of sp³-hybridized carbons (Fsp3) is 0.833. The minimum atomic E-state index is -0.824. The van der Waals surface area contributed by atoms with Crippen molar-refractivity contribution in [3.63, 3.8) is 0 Å². The van der Waals surface area contributed by atoms with Gasteiger partial charge in [-0.15, -0.1) is 0 Å². The highest BCUT2D eigenvalue weighted by Gasteiger charge is 2.56. The van der Waals surface area contributed by atoms with Crippen molar-refractivity contribution in [1.82, 2.24) is 0 Å². The second-order valence-electron chi connectivity index (χ2n) is 5.02. The zero-order chi connectivity index (χ0) is 11.8. The Labute approximate surface area is 95.0 Å². The maximum absolute atomic E-state index is 11.5. The molecule has 16 heavy (non-hydrogen) atoms. The predicted molar refractivity (Wildman–Crippen MR) is 56.8 cm³/mol. The van der Waals surface area contributed by atoms with E-state index < -0.39 is 11.4 Å². The Morgan fingerprint density at radius 2 is 2.19 bits per heavy atom. The third-order valence-corrected chi connectivity index (χ3v) is 4.17. The van der Waals surface area contributed by atoms with Crippen LogP contribution in [0.5, 0.6) is 0 Å². The number of carboxylic acid groups (broad SMARTS) is 1. The van der Waals surface area contributed by atoms with Crippen LogP contribution in [0.3, 0.4) is 0 Å². The van der Waals surface area contributed by atoms with Crippen molar-refractivity contribution in [3.05, 3.63) is 0 Å². The number of esters is 1. The van der Waals surface area contributed by atoms with Crippen LogP contribution in [0.2, 0.25) is 0 Å². The Hall–Kier alpha value is -1.06. The molecule has 4 heteroatoms. The van der Waals surface area contributed by atoms with Gasteiger partial charge in [0.2, 0.25) is 0 Å². The van der Waals surface area contributed by atoms with E-state index in [-0.39, 0.29) is 18.3 Å². The maximum atomic E-state index is 11.5. The Morgan fingerprint density at radius 1 is 1.44 bits per heavy atom. The molecule has 4 nitrogen and oxygen atoms in total. The van der Waals surface area contributed by atoms with Gasteiger partial charge in [-0.2, -0.15) is 0 Å². The first kappa shape index (κ1) is 11.4. The second kappa shape index (κ2) is 4.07. The van der Waals surface area contributed by atoms with Crippen molar-refractivity contribution in [1.29, 1.82) is 0 Å². The number of carbonyl (C=O) groups is 2. The summed E-state index contributed by atoms with van der Waals surface area (Å²) >= 11 is 0. The van der Waals surface area contributed by atoms with Gasteiger partial charge in [0.05, 0.1) is 18.4 Å². The summed E-state index contributed by atoms with van der Waals surface area (Å²) in [4.78, 5) is 22.9. The summed E-state index contributed by atoms with van der Waals surface area (Å²) in [5.41, 5.74) is -0.824. The van der Waals surface area contributed by atoms with Gasteiger partial charge in [0.15, 0.2) is 0 Å². The Kier molecular flexibility index (Phi) is 2.91. The van der Waals surface area contributed by atoms with Crippen LogP contribution in [0.4, 0.5) is 0 Å². The largest absolute Gasteiger partial charge is 0.481 e. The molecule has 2 saturated carbocycles. The molecular formula is C12H18O4. The van der Waals surface area contributed by atoms with Crippen LogP contribution in [0.25, 0.3) is 0 Å². The molecule has 90 valence electrons. The van der Waals surface area contributed by atoms with Gasteiger partial charge in [-0.05, 0) is 38.0 Å². The Morgan fingerprint density at radius 3 is 2.62 bits per heavy atom. The Bertz CT molecular complexity index is 312. The highest BCUT2D eigenvalue weighted by atomic mass is 16.5. The third kappa shape index (κ3) is 1.70. The van der Waals surface area contributed by atoms with Crippen molar-refractivity contribution in [2.45, 2.75) is 39.0 Å². The second-order valence-corrected chi connectivity index (χ2v) is 5.02. The number of ether oxygens (including phenoxy) is 1. The van der Waals surface area contributed by atoms with E-state index in [9.17, 15) is 14.7 Å². The number of hydrogen-bond donors (Lipinski definition) is 1. The number of rotatable bonds is 4. The predicted octanol–water partition coefficient (Wildman–Crippen LogP) is 1.83. The van der Waals surface area contributed by atoms with Crippen molar-refractivity contribution < 1.29 is 19.4 Å². The minimum Gasteiger partial charge on any atom is -0.481 e. The molecule has 0 spiro atoms. The monoisotopic (exact) mass is 226 g/mol. The molecular weight excluding hydrogens is 208 g/mol. The molecule has 3 atom stereocenters. The number of carboxylic acids is 1. The lowest BCUT2D eigenvalue weighted by atomic mass is 9.71. The minimum absolute atomic E-state index is 0.0529. The number of fused-ring (bicyclic) bond motifs is 2. The van der Waals surface area contributed by atoms with Crippen molar-refractivity contribution >= 4 is 11.9 Å². The standard InChI is InChI=1S/C12H18O4/c1-2-16-10(13)7-12(11(14)15)6-8-3-4-9(12)5-8/h8-9H,2-7H2,1H3,(H,14,15). The zero-order valence-electron chi connectivity index (χ0n) is 9.57. The van der Waals surface area contributed by atoms with E-state index in [0.717, 1.165) is 19.3 Å². The van der Waals surface area contributed by atoms with E-state index in [1.54, 1.807) is 6.92 Å². The lowest BCUT2D eigenvalue weighted by molar-refractivity contribution is -0.161. The quantitative estimate of drug-likeness (QED) is 0.743. The average Bonchev–Trinajstić information content (AvgIpc) is 2.77. The van der Waals surface area contributed by atoms with E-state index in [0.29, 0.717) is 18.9 Å². The molecule has 0 aromatic heterocycles. The fourth-order valence-electron chi connectivity index (χ4n) is 3.47. The molecule has 0 heterocycles. The van der Waals surface area contributed by atoms with E-state index in [1.165, 1.54) is 0 Å². The van der Waals surface area contributed by atoms with E-state index in [1.807, 2.05) is 0 Å². The topological polar surface area (TPSA) is 63.6 Å². The lowest BCUT2D eigenvalue weighted by Gasteiger charge is -2.32. The van der Waals surface area contributed by atoms with Gasteiger partial charge in [0.25, 0.3) is 0 Å². The third-order valence-electron chi connectivity index (χ3n) is 4.17. The normalized spacial score (nSPS) is 36.3. The smallest absolute Gasteiger partial charge is 0.310 e. The van der Waals surface area contributed by atoms with Gasteiger partial charge >= 0.3 is 11.9 Å². The van der Waals surface area contributed by atoms with Crippen molar-refractivity contribution in [2.75, 3.05) is 6.61 Å². The average molecular weight is 226 g/mol. The van der Waals surface area contributed by atoms with Gasteiger partial charge in [0.1, 0.15) is 0 Å². The van der Waals surface area contributed by atoms with Crippen LogP contribution in [0.15, 0.2) is 0 Å². The molecule has 0 aliphatic heterocycles. The molecule has 0 amide bonds. The van der Waals surface area contributed by atoms with E-state index in [4.69, 9.17) is 4.74 Å². The summed E-state index contributed by atoms with van der Waals surface area (Å²) in [5, 5.41) is 9.40. The molecule has 2 bridgehead atoms. The fourth-order valence-corrected chi connectivity index (χ4v) is 3.47. The summed E-state index contributed by atoms with van der Waals surface area (Å²) < 4.78 is 4.88. The van der Waals surface area contributed by atoms with Crippen molar-refractivity contribution in [3.8, 4) is 0 Å². The molecule has 0 radical (unpaired) electrons. The molecule has 0 aromatic rings. The summed E-state index contributed by atoms with van der Waals surface area (Å²) in [5.74, 6) is -0.486. The van der Waals surface area contributed by atoms with Crippen LogP contribution in [-0.4, -0.2) is 23.7 Å². The van der Waals surface area contributed by atoms with Crippen LogP contribution in [-0.2, 0) is 14.3 Å². The summed E-state index contributed by atoms with van der Waals surface area (Å²) in [7, 11) is 0. The highest BCUT2D eigenvalue weighted by molar-refractivity contribution is 5.83. The number of carbonyl (C=O) groups excluding carboxylic acids is 1. The molecule has 1 N–H and O–H groups in total. The molecule has 2 rings (SSSR count). The van der Waals surface area contributed by atoms with Crippen LogP contribution in [0, 0.1) is 17.3 Å². The molecule has 2 aliphatic carbocycles. The van der Waals surface area contributed by atoms with Gasteiger partial charge in [-0.3, -0.25) is 9.59 Å². The van der Waals surface area contributed by atoms with E-state index >= 15 is 0 Å². The highest BCUT2D eigenvalue weighted by Crippen LogP contribution is 2.57. The first-order valence-corrected chi connectivity index (χ1v) is 5.97. The van der Waals surface area contributed by atoms with E-state index in [2.05, 4.69) is 0 Å². The van der Waals surface area contributed by atoms with Gasteiger partial charge in [-0.25, -0.2) is 0 Å². The van der Waals surface area contributed by atoms with Crippen LogP contribution >= 0.6 is 0 Å². The maximum Gasteiger partial charge on any atom is 0.310 e. The summed E-state index contributed by atoms with van der Waals surface area (Å²) in [6.45, 7) is 2.06. The molecule has 0 aromatic carbocycles. The Balaban J connectivity index is 2.11. The number of aliphatic carboxylic acids is 1. The van der Waals surface area contributed by atoms with Crippen LogP contribution in [0.1, 0.15) is 39.0 Å². The van der Waals surface area contributed by atoms with Gasteiger partial charge in [-0.1, -0.05) is 6.42 Å². The molecule has 3 unspecified atom stereocenters. The molecule has 0 saturated heterocycles. The van der Waals surface area contributed by atoms with Gasteiger partial charge < -0.3 is 9.84 Å². The first-order valence-electron chi connectivity index (χ1n) is 5.97. The zero-order valence-corrected chi connectivity index (χ0v) is 9.57. The molecule has 2 fully saturated rings. The molecule has 2 aliphatic rings. The van der Waals surface area contributed by atoms with Crippen molar-refractivity contribution in [2.24, 2.45) is 17.3 Å². The summed E-state index contributed by atoms with van der Waals surface area (Å²) in [6, 6.07) is 0.